The summed E-state index contributed by atoms with van der Waals surface area (Å²) in [6, 6.07) is 12.7. The minimum Gasteiger partial charge on any atom is -0.289 e. The van der Waals surface area contributed by atoms with Crippen LogP contribution >= 0.6 is 23.5 Å². The average molecular weight is 371 g/mol. The molecule has 0 aliphatic heterocycles. The summed E-state index contributed by atoms with van der Waals surface area (Å²) >= 11 is 3.68. The van der Waals surface area contributed by atoms with Gasteiger partial charge in [0.1, 0.15) is 0 Å². The van der Waals surface area contributed by atoms with Crippen LogP contribution in [0.1, 0.15) is 66.6 Å². The summed E-state index contributed by atoms with van der Waals surface area (Å²) in [7, 11) is 0. The van der Waals surface area contributed by atoms with E-state index in [1.54, 1.807) is 0 Å². The maximum Gasteiger partial charge on any atom is 0.195 e. The Kier molecular flexibility index (Phi) is 6.66. The molecule has 0 radical (unpaired) electrons. The SMILES string of the molecule is CCCCSc1cccc2c1C(=O)c1c(cccc1SCCCC)C2. The Balaban J connectivity index is 1.93. The second kappa shape index (κ2) is 8.95. The zero-order valence-corrected chi connectivity index (χ0v) is 16.8. The number of fused-ring (bicyclic) bond motifs is 2. The van der Waals surface area contributed by atoms with Gasteiger partial charge in [-0.2, -0.15) is 0 Å². The van der Waals surface area contributed by atoms with E-state index in [9.17, 15) is 4.79 Å². The third-order valence-electron chi connectivity index (χ3n) is 4.57. The molecule has 0 spiro atoms. The number of benzene rings is 2. The fourth-order valence-electron chi connectivity index (χ4n) is 3.19. The standard InChI is InChI=1S/C22H26OS2/c1-3-5-13-24-18-11-7-9-16-15-17-10-8-12-19(25-14-6-4-2)21(17)22(23)20(16)18/h7-12H,3-6,13-15H2,1-2H3. The maximum atomic E-state index is 13.4. The van der Waals surface area contributed by atoms with Crippen molar-refractivity contribution in [2.45, 2.75) is 55.7 Å². The minimum atomic E-state index is 0.232. The van der Waals surface area contributed by atoms with Gasteiger partial charge in [-0.1, -0.05) is 51.0 Å². The molecule has 0 saturated carbocycles. The van der Waals surface area contributed by atoms with Crippen LogP contribution in [0, 0.1) is 0 Å². The summed E-state index contributed by atoms with van der Waals surface area (Å²) in [5.41, 5.74) is 4.30. The Morgan fingerprint density at radius 2 is 1.28 bits per heavy atom. The van der Waals surface area contributed by atoms with E-state index >= 15 is 0 Å². The highest BCUT2D eigenvalue weighted by Crippen LogP contribution is 2.38. The van der Waals surface area contributed by atoms with E-state index in [1.807, 2.05) is 23.5 Å². The summed E-state index contributed by atoms with van der Waals surface area (Å²) in [5.74, 6) is 2.40. The summed E-state index contributed by atoms with van der Waals surface area (Å²) in [6.45, 7) is 4.42. The van der Waals surface area contributed by atoms with Crippen LogP contribution in [0.5, 0.6) is 0 Å². The number of thioether (sulfide) groups is 2. The molecule has 0 heterocycles. The smallest absolute Gasteiger partial charge is 0.195 e. The number of rotatable bonds is 8. The van der Waals surface area contributed by atoms with Gasteiger partial charge in [0.15, 0.2) is 5.78 Å². The van der Waals surface area contributed by atoms with Gasteiger partial charge in [-0.3, -0.25) is 4.79 Å². The molecule has 1 nitrogen and oxygen atoms in total. The molecule has 3 rings (SSSR count). The zero-order valence-electron chi connectivity index (χ0n) is 15.1. The van der Waals surface area contributed by atoms with E-state index in [0.717, 1.165) is 38.8 Å². The van der Waals surface area contributed by atoms with E-state index in [0.29, 0.717) is 0 Å². The molecule has 0 atom stereocenters. The molecule has 1 aliphatic carbocycles. The van der Waals surface area contributed by atoms with Gasteiger partial charge in [-0.25, -0.2) is 0 Å². The third kappa shape index (κ3) is 4.15. The topological polar surface area (TPSA) is 17.1 Å². The minimum absolute atomic E-state index is 0.232. The van der Waals surface area contributed by atoms with Crippen molar-refractivity contribution in [1.29, 1.82) is 0 Å². The molecule has 0 aromatic heterocycles. The molecule has 25 heavy (non-hydrogen) atoms. The Bertz CT molecular complexity index is 690. The Labute approximate surface area is 160 Å². The molecule has 0 amide bonds. The first-order valence-electron chi connectivity index (χ1n) is 9.30. The molecule has 0 N–H and O–H groups in total. The molecule has 0 bridgehead atoms. The van der Waals surface area contributed by atoms with Gasteiger partial charge in [0, 0.05) is 20.9 Å². The van der Waals surface area contributed by atoms with Crippen LogP contribution in [0.4, 0.5) is 0 Å². The summed E-state index contributed by atoms with van der Waals surface area (Å²) in [6.07, 6.45) is 5.64. The molecule has 0 saturated heterocycles. The van der Waals surface area contributed by atoms with Crippen LogP contribution in [-0.2, 0) is 6.42 Å². The molecule has 0 unspecified atom stereocenters. The van der Waals surface area contributed by atoms with Crippen LogP contribution in [0.3, 0.4) is 0 Å². The second-order valence-corrected chi connectivity index (χ2v) is 8.76. The number of unbranched alkanes of at least 4 members (excludes halogenated alkanes) is 2. The van der Waals surface area contributed by atoms with E-state index < -0.39 is 0 Å². The lowest BCUT2D eigenvalue weighted by molar-refractivity contribution is 0.102. The Hall–Kier alpha value is -1.19. The highest BCUT2D eigenvalue weighted by Gasteiger charge is 2.28. The summed E-state index contributed by atoms with van der Waals surface area (Å²) in [5, 5.41) is 0. The van der Waals surface area contributed by atoms with Crippen molar-refractivity contribution in [3.8, 4) is 0 Å². The van der Waals surface area contributed by atoms with E-state index in [2.05, 4.69) is 50.2 Å². The Morgan fingerprint density at radius 1 is 0.800 bits per heavy atom. The summed E-state index contributed by atoms with van der Waals surface area (Å²) in [4.78, 5) is 15.7. The van der Waals surface area contributed by atoms with Crippen molar-refractivity contribution < 1.29 is 4.79 Å². The number of hydrogen-bond donors (Lipinski definition) is 0. The average Bonchev–Trinajstić information content (AvgIpc) is 2.62. The van der Waals surface area contributed by atoms with Gasteiger partial charge < -0.3 is 0 Å². The molecule has 2 aromatic rings. The third-order valence-corrected chi connectivity index (χ3v) is 6.86. The first-order chi connectivity index (χ1) is 12.3. The van der Waals surface area contributed by atoms with Crippen molar-refractivity contribution in [2.24, 2.45) is 0 Å². The molecular weight excluding hydrogens is 344 g/mol. The number of hydrogen-bond acceptors (Lipinski definition) is 3. The number of carbonyl (C=O) groups excluding carboxylic acids is 1. The highest BCUT2D eigenvalue weighted by atomic mass is 32.2. The van der Waals surface area contributed by atoms with Crippen LogP contribution < -0.4 is 0 Å². The lowest BCUT2D eigenvalue weighted by atomic mass is 9.85. The quantitative estimate of drug-likeness (QED) is 0.328. The van der Waals surface area contributed by atoms with Crippen molar-refractivity contribution in [3.05, 3.63) is 58.7 Å². The molecule has 1 aliphatic rings. The van der Waals surface area contributed by atoms with E-state index in [-0.39, 0.29) is 5.78 Å². The van der Waals surface area contributed by atoms with Crippen molar-refractivity contribution in [1.82, 2.24) is 0 Å². The van der Waals surface area contributed by atoms with Gasteiger partial charge in [-0.05, 0) is 54.0 Å². The Morgan fingerprint density at radius 3 is 1.72 bits per heavy atom. The van der Waals surface area contributed by atoms with Gasteiger partial charge in [-0.15, -0.1) is 23.5 Å². The maximum absolute atomic E-state index is 13.4. The molecule has 0 fully saturated rings. The van der Waals surface area contributed by atoms with Crippen molar-refractivity contribution >= 4 is 29.3 Å². The van der Waals surface area contributed by atoms with Crippen LogP contribution in [-0.4, -0.2) is 17.3 Å². The second-order valence-electron chi connectivity index (χ2n) is 6.49. The lowest BCUT2D eigenvalue weighted by Crippen LogP contribution is -2.17. The predicted molar refractivity (Wildman–Crippen MR) is 110 cm³/mol. The van der Waals surface area contributed by atoms with Crippen molar-refractivity contribution in [2.75, 3.05) is 11.5 Å². The first kappa shape index (κ1) is 18.6. The van der Waals surface area contributed by atoms with Crippen LogP contribution in [0.25, 0.3) is 0 Å². The largest absolute Gasteiger partial charge is 0.289 e. The van der Waals surface area contributed by atoms with E-state index in [4.69, 9.17) is 0 Å². The fourth-order valence-corrected chi connectivity index (χ4v) is 5.58. The first-order valence-corrected chi connectivity index (χ1v) is 11.3. The van der Waals surface area contributed by atoms with Gasteiger partial charge in [0.05, 0.1) is 0 Å². The fraction of sp³-hybridized carbons (Fsp3) is 0.409. The van der Waals surface area contributed by atoms with E-state index in [1.165, 1.54) is 36.8 Å². The van der Waals surface area contributed by atoms with Crippen LogP contribution in [0.15, 0.2) is 46.2 Å². The van der Waals surface area contributed by atoms with Gasteiger partial charge >= 0.3 is 0 Å². The number of carbonyl (C=O) groups is 1. The van der Waals surface area contributed by atoms with Gasteiger partial charge in [0.25, 0.3) is 0 Å². The van der Waals surface area contributed by atoms with Crippen molar-refractivity contribution in [3.63, 3.8) is 0 Å². The molecule has 132 valence electrons. The summed E-state index contributed by atoms with van der Waals surface area (Å²) < 4.78 is 0. The normalized spacial score (nSPS) is 12.8. The number of ketones is 1. The lowest BCUT2D eigenvalue weighted by Gasteiger charge is -2.23. The van der Waals surface area contributed by atoms with Gasteiger partial charge in [0.2, 0.25) is 0 Å². The monoisotopic (exact) mass is 370 g/mol. The molecular formula is C22H26OS2. The molecule has 3 heteroatoms. The molecule has 2 aromatic carbocycles. The predicted octanol–water partition coefficient (Wildman–Crippen LogP) is 6.61. The van der Waals surface area contributed by atoms with Crippen LogP contribution in [0.2, 0.25) is 0 Å². The zero-order chi connectivity index (χ0) is 17.6. The highest BCUT2D eigenvalue weighted by molar-refractivity contribution is 7.99.